The molecule has 2 rings (SSSR count). The standard InChI is InChI=1S/C18H23ClN4O3/c1-12(2)8-9-22(14(24)10-19)15-16(20)23(18(26)21-17(15)25)11-13-6-4-3-5-7-13/h3-7,12H,8-11,20H2,1-2H3,(H,21,25,26). The number of aromatic amines is 1. The molecule has 8 heteroatoms. The van der Waals surface area contributed by atoms with Gasteiger partial charge in [-0.1, -0.05) is 44.2 Å². The molecule has 0 saturated carbocycles. The molecule has 0 aliphatic carbocycles. The first-order chi connectivity index (χ1) is 12.3. The Labute approximate surface area is 156 Å². The second-order valence-electron chi connectivity index (χ2n) is 6.43. The highest BCUT2D eigenvalue weighted by molar-refractivity contribution is 6.29. The summed E-state index contributed by atoms with van der Waals surface area (Å²) in [5.74, 6) is -0.454. The van der Waals surface area contributed by atoms with Crippen molar-refractivity contribution in [3.8, 4) is 0 Å². The Balaban J connectivity index is 2.52. The third-order valence-electron chi connectivity index (χ3n) is 4.01. The third-order valence-corrected chi connectivity index (χ3v) is 4.24. The average Bonchev–Trinajstić information content (AvgIpc) is 2.61. The van der Waals surface area contributed by atoms with Gasteiger partial charge >= 0.3 is 5.69 Å². The van der Waals surface area contributed by atoms with Crippen molar-refractivity contribution in [3.05, 3.63) is 56.7 Å². The molecule has 3 N–H and O–H groups in total. The highest BCUT2D eigenvalue weighted by Gasteiger charge is 2.23. The van der Waals surface area contributed by atoms with Crippen LogP contribution in [0.5, 0.6) is 0 Å². The van der Waals surface area contributed by atoms with Crippen LogP contribution in [0, 0.1) is 5.92 Å². The zero-order valence-electron chi connectivity index (χ0n) is 14.9. The third kappa shape index (κ3) is 4.54. The SMILES string of the molecule is CC(C)CCN(C(=O)CCl)c1c(N)n(Cc2ccccc2)c(=O)[nH]c1=O. The summed E-state index contributed by atoms with van der Waals surface area (Å²) in [7, 11) is 0. The van der Waals surface area contributed by atoms with E-state index in [-0.39, 0.29) is 23.9 Å². The Hall–Kier alpha value is -2.54. The molecule has 1 aromatic carbocycles. The number of nitrogens with zero attached hydrogens (tertiary/aromatic N) is 2. The lowest BCUT2D eigenvalue weighted by Gasteiger charge is -2.24. The summed E-state index contributed by atoms with van der Waals surface area (Å²) >= 11 is 5.70. The molecule has 1 amide bonds. The normalized spacial score (nSPS) is 10.9. The number of carbonyl (C=O) groups is 1. The van der Waals surface area contributed by atoms with Crippen molar-refractivity contribution in [2.45, 2.75) is 26.8 Å². The second kappa shape index (κ2) is 8.71. The summed E-state index contributed by atoms with van der Waals surface area (Å²) in [5, 5.41) is 0. The van der Waals surface area contributed by atoms with Gasteiger partial charge in [-0.3, -0.25) is 19.1 Å². The van der Waals surface area contributed by atoms with Gasteiger partial charge in [0, 0.05) is 6.54 Å². The van der Waals surface area contributed by atoms with Gasteiger partial charge in [0.15, 0.2) is 5.69 Å². The summed E-state index contributed by atoms with van der Waals surface area (Å²) in [6.07, 6.45) is 0.666. The fourth-order valence-electron chi connectivity index (χ4n) is 2.58. The molecule has 2 aromatic rings. The van der Waals surface area contributed by atoms with Crippen molar-refractivity contribution in [2.24, 2.45) is 5.92 Å². The number of nitrogens with two attached hydrogens (primary N) is 1. The number of rotatable bonds is 7. The van der Waals surface area contributed by atoms with Crippen molar-refractivity contribution >= 4 is 29.0 Å². The average molecular weight is 379 g/mol. The number of benzene rings is 1. The minimum Gasteiger partial charge on any atom is -0.383 e. The van der Waals surface area contributed by atoms with Gasteiger partial charge in [0.25, 0.3) is 5.56 Å². The largest absolute Gasteiger partial charge is 0.383 e. The van der Waals surface area contributed by atoms with Crippen LogP contribution in [0.2, 0.25) is 0 Å². The van der Waals surface area contributed by atoms with Crippen molar-refractivity contribution in [3.63, 3.8) is 0 Å². The van der Waals surface area contributed by atoms with Crippen LogP contribution in [0.4, 0.5) is 11.5 Å². The maximum atomic E-state index is 12.4. The van der Waals surface area contributed by atoms with Crippen molar-refractivity contribution in [1.82, 2.24) is 9.55 Å². The first-order valence-corrected chi connectivity index (χ1v) is 8.91. The Morgan fingerprint density at radius 1 is 1.27 bits per heavy atom. The van der Waals surface area contributed by atoms with Gasteiger partial charge in [-0.25, -0.2) is 4.79 Å². The van der Waals surface area contributed by atoms with Crippen LogP contribution in [0.1, 0.15) is 25.8 Å². The smallest absolute Gasteiger partial charge is 0.330 e. The van der Waals surface area contributed by atoms with Gasteiger partial charge in [-0.15, -0.1) is 11.6 Å². The minimum atomic E-state index is -0.695. The fraction of sp³-hybridized carbons (Fsp3) is 0.389. The van der Waals surface area contributed by atoms with Crippen molar-refractivity contribution in [1.29, 1.82) is 0 Å². The van der Waals surface area contributed by atoms with Crippen LogP contribution in [0.3, 0.4) is 0 Å². The van der Waals surface area contributed by atoms with Gasteiger partial charge in [0.05, 0.1) is 6.54 Å². The predicted octanol–water partition coefficient (Wildman–Crippen LogP) is 1.79. The van der Waals surface area contributed by atoms with E-state index >= 15 is 0 Å². The van der Waals surface area contributed by atoms with E-state index in [4.69, 9.17) is 17.3 Å². The van der Waals surface area contributed by atoms with Gasteiger partial charge < -0.3 is 10.6 Å². The number of aromatic nitrogens is 2. The van der Waals surface area contributed by atoms with Crippen LogP contribution < -0.4 is 21.9 Å². The molecule has 0 atom stereocenters. The van der Waals surface area contributed by atoms with Gasteiger partial charge in [-0.2, -0.15) is 0 Å². The van der Waals surface area contributed by atoms with Gasteiger partial charge in [0.2, 0.25) is 5.91 Å². The molecule has 0 saturated heterocycles. The lowest BCUT2D eigenvalue weighted by molar-refractivity contribution is -0.116. The Morgan fingerprint density at radius 2 is 1.92 bits per heavy atom. The number of hydrogen-bond acceptors (Lipinski definition) is 4. The molecule has 0 unspecified atom stereocenters. The summed E-state index contributed by atoms with van der Waals surface area (Å²) in [4.78, 5) is 40.4. The number of nitrogens with one attached hydrogen (secondary N) is 1. The summed E-state index contributed by atoms with van der Waals surface area (Å²) < 4.78 is 1.25. The molecule has 0 fully saturated rings. The topological polar surface area (TPSA) is 101 Å². The highest BCUT2D eigenvalue weighted by atomic mass is 35.5. The molecule has 140 valence electrons. The number of halogens is 1. The molecule has 1 heterocycles. The van der Waals surface area contributed by atoms with E-state index in [1.54, 1.807) is 0 Å². The molecule has 1 aromatic heterocycles. The zero-order chi connectivity index (χ0) is 19.3. The van der Waals surface area contributed by atoms with Crippen LogP contribution in [-0.2, 0) is 11.3 Å². The summed E-state index contributed by atoms with van der Waals surface area (Å²) in [6.45, 7) is 4.49. The van der Waals surface area contributed by atoms with Gasteiger partial charge in [0.1, 0.15) is 11.7 Å². The van der Waals surface area contributed by atoms with E-state index in [2.05, 4.69) is 4.98 Å². The van der Waals surface area contributed by atoms with Crippen molar-refractivity contribution in [2.75, 3.05) is 23.1 Å². The van der Waals surface area contributed by atoms with E-state index in [1.165, 1.54) is 9.47 Å². The second-order valence-corrected chi connectivity index (χ2v) is 6.69. The summed E-state index contributed by atoms with van der Waals surface area (Å²) in [6, 6.07) is 9.24. The summed E-state index contributed by atoms with van der Waals surface area (Å²) in [5.41, 5.74) is 5.63. The first kappa shape index (κ1) is 19.8. The van der Waals surface area contributed by atoms with Gasteiger partial charge in [-0.05, 0) is 17.9 Å². The van der Waals surface area contributed by atoms with E-state index in [0.29, 0.717) is 18.9 Å². The van der Waals surface area contributed by atoms with Crippen molar-refractivity contribution < 1.29 is 4.79 Å². The maximum Gasteiger partial charge on any atom is 0.330 e. The van der Waals surface area contributed by atoms with E-state index in [9.17, 15) is 14.4 Å². The number of H-pyrrole nitrogens is 1. The van der Waals surface area contributed by atoms with E-state index in [0.717, 1.165) is 5.56 Å². The molecule has 26 heavy (non-hydrogen) atoms. The fourth-order valence-corrected chi connectivity index (χ4v) is 2.73. The lowest BCUT2D eigenvalue weighted by atomic mass is 10.1. The quantitative estimate of drug-likeness (QED) is 0.717. The van der Waals surface area contributed by atoms with Crippen LogP contribution in [0.15, 0.2) is 39.9 Å². The number of anilines is 2. The number of nitrogen functional groups attached to an aromatic ring is 1. The highest BCUT2D eigenvalue weighted by Crippen LogP contribution is 2.19. The maximum absolute atomic E-state index is 12.4. The van der Waals surface area contributed by atoms with E-state index in [1.807, 2.05) is 44.2 Å². The zero-order valence-corrected chi connectivity index (χ0v) is 15.6. The number of alkyl halides is 1. The molecular formula is C18H23ClN4O3. The van der Waals surface area contributed by atoms with Crippen LogP contribution >= 0.6 is 11.6 Å². The molecule has 0 radical (unpaired) electrons. The predicted molar refractivity (Wildman–Crippen MR) is 104 cm³/mol. The molecule has 0 bridgehead atoms. The van der Waals surface area contributed by atoms with Crippen LogP contribution in [-0.4, -0.2) is 27.9 Å². The molecule has 7 nitrogen and oxygen atoms in total. The molecular weight excluding hydrogens is 356 g/mol. The number of carbonyl (C=O) groups excluding carboxylic acids is 1. The number of amides is 1. The molecule has 0 aliphatic rings. The minimum absolute atomic E-state index is 0.0353. The molecule has 0 aliphatic heterocycles. The Morgan fingerprint density at radius 3 is 2.50 bits per heavy atom. The monoisotopic (exact) mass is 378 g/mol. The first-order valence-electron chi connectivity index (χ1n) is 8.38. The van der Waals surface area contributed by atoms with Crippen LogP contribution in [0.25, 0.3) is 0 Å². The van der Waals surface area contributed by atoms with E-state index < -0.39 is 17.2 Å². The number of hydrogen-bond donors (Lipinski definition) is 2. The Bertz CT molecular complexity index is 874. The lowest BCUT2D eigenvalue weighted by Crippen LogP contribution is -2.42. The molecule has 0 spiro atoms. The Kier molecular flexibility index (Phi) is 6.63.